The lowest BCUT2D eigenvalue weighted by atomic mass is 10.1. The molecule has 1 amide bonds. The van der Waals surface area contributed by atoms with Crippen LogP contribution < -0.4 is 0 Å². The van der Waals surface area contributed by atoms with Crippen LogP contribution in [0.15, 0.2) is 12.1 Å². The normalized spacial score (nSPS) is 18.5. The van der Waals surface area contributed by atoms with Crippen molar-refractivity contribution >= 4 is 40.1 Å². The minimum absolute atomic E-state index is 0.0585. The molecular weight excluding hydrogens is 393 g/mol. The zero-order chi connectivity index (χ0) is 14.2. The van der Waals surface area contributed by atoms with Gasteiger partial charge in [0.25, 0.3) is 11.8 Å². The van der Waals surface area contributed by atoms with Crippen LogP contribution in [0, 0.1) is 9.39 Å². The molecule has 1 aliphatic rings. The number of amides is 1. The minimum Gasteiger partial charge on any atom is -0.333 e. The van der Waals surface area contributed by atoms with Gasteiger partial charge in [-0.2, -0.15) is 0 Å². The number of alkyl halides is 2. The molecule has 1 aromatic rings. The summed E-state index contributed by atoms with van der Waals surface area (Å²) in [5.41, 5.74) is 0.0603. The van der Waals surface area contributed by atoms with E-state index in [0.29, 0.717) is 0 Å². The van der Waals surface area contributed by atoms with E-state index < -0.39 is 24.2 Å². The molecule has 1 heterocycles. The summed E-state index contributed by atoms with van der Waals surface area (Å²) in [6.07, 6.45) is 0.0279. The standard InChI is InChI=1S/C12H10ClF3INO/c13-8-5-9(14)10(17)4-7(8)11(19)18-3-1-2-12(15,16)6-18/h4-5H,1-3,6H2. The van der Waals surface area contributed by atoms with Gasteiger partial charge in [-0.25, -0.2) is 13.2 Å². The number of benzene rings is 1. The number of nitrogens with zero attached hydrogens (tertiary/aromatic N) is 1. The number of likely N-dealkylation sites (tertiary alicyclic amines) is 1. The fourth-order valence-corrected chi connectivity index (χ4v) is 2.69. The third kappa shape index (κ3) is 3.34. The van der Waals surface area contributed by atoms with Gasteiger partial charge in [0.1, 0.15) is 5.82 Å². The lowest BCUT2D eigenvalue weighted by Crippen LogP contribution is -2.45. The molecule has 0 aromatic heterocycles. The van der Waals surface area contributed by atoms with E-state index in [1.807, 2.05) is 0 Å². The van der Waals surface area contributed by atoms with Crippen molar-refractivity contribution < 1.29 is 18.0 Å². The van der Waals surface area contributed by atoms with E-state index in [0.717, 1.165) is 11.0 Å². The van der Waals surface area contributed by atoms with Crippen molar-refractivity contribution in [1.82, 2.24) is 4.90 Å². The van der Waals surface area contributed by atoms with Gasteiger partial charge >= 0.3 is 0 Å². The summed E-state index contributed by atoms with van der Waals surface area (Å²) in [6.45, 7) is -0.352. The lowest BCUT2D eigenvalue weighted by molar-refractivity contribution is -0.0560. The van der Waals surface area contributed by atoms with Crippen LogP contribution >= 0.6 is 34.2 Å². The molecule has 0 saturated carbocycles. The van der Waals surface area contributed by atoms with Gasteiger partial charge in [-0.3, -0.25) is 4.79 Å². The van der Waals surface area contributed by atoms with Crippen molar-refractivity contribution in [2.75, 3.05) is 13.1 Å². The van der Waals surface area contributed by atoms with Crippen LogP contribution in [-0.4, -0.2) is 29.8 Å². The number of piperidine rings is 1. The Bertz CT molecular complexity index is 524. The summed E-state index contributed by atoms with van der Waals surface area (Å²) in [6, 6.07) is 2.31. The first-order valence-electron chi connectivity index (χ1n) is 5.62. The Kier molecular flexibility index (Phi) is 4.29. The average molecular weight is 404 g/mol. The lowest BCUT2D eigenvalue weighted by Gasteiger charge is -2.32. The highest BCUT2D eigenvalue weighted by atomic mass is 127. The molecule has 0 N–H and O–H groups in total. The van der Waals surface area contributed by atoms with Gasteiger partial charge in [0, 0.05) is 16.5 Å². The number of hydrogen-bond acceptors (Lipinski definition) is 1. The molecule has 104 valence electrons. The predicted octanol–water partition coefficient (Wildman–Crippen LogP) is 3.96. The smallest absolute Gasteiger partial charge is 0.265 e. The number of carbonyl (C=O) groups is 1. The Morgan fingerprint density at radius 2 is 2.11 bits per heavy atom. The van der Waals surface area contributed by atoms with Gasteiger partial charge in [-0.05, 0) is 41.1 Å². The molecule has 0 spiro atoms. The SMILES string of the molecule is O=C(c1cc(I)c(F)cc1Cl)N1CCCC(F)(F)C1. The van der Waals surface area contributed by atoms with E-state index in [4.69, 9.17) is 11.6 Å². The van der Waals surface area contributed by atoms with Crippen LogP contribution in [0.3, 0.4) is 0 Å². The molecule has 0 atom stereocenters. The van der Waals surface area contributed by atoms with Crippen LogP contribution in [0.25, 0.3) is 0 Å². The fraction of sp³-hybridized carbons (Fsp3) is 0.417. The number of halogens is 5. The van der Waals surface area contributed by atoms with Gasteiger partial charge in [-0.1, -0.05) is 11.6 Å². The molecule has 19 heavy (non-hydrogen) atoms. The Morgan fingerprint density at radius 3 is 2.74 bits per heavy atom. The summed E-state index contributed by atoms with van der Waals surface area (Å²) >= 11 is 7.53. The summed E-state index contributed by atoms with van der Waals surface area (Å²) in [4.78, 5) is 13.2. The molecule has 0 aliphatic carbocycles. The van der Waals surface area contributed by atoms with Gasteiger partial charge < -0.3 is 4.90 Å². The molecule has 1 aliphatic heterocycles. The highest BCUT2D eigenvalue weighted by Gasteiger charge is 2.37. The quantitative estimate of drug-likeness (QED) is 0.514. The maximum Gasteiger partial charge on any atom is 0.265 e. The zero-order valence-corrected chi connectivity index (χ0v) is 12.6. The van der Waals surface area contributed by atoms with Crippen molar-refractivity contribution in [1.29, 1.82) is 0 Å². The zero-order valence-electron chi connectivity index (χ0n) is 9.73. The summed E-state index contributed by atoms with van der Waals surface area (Å²) in [5.74, 6) is -3.98. The topological polar surface area (TPSA) is 20.3 Å². The van der Waals surface area contributed by atoms with Gasteiger partial charge in [0.15, 0.2) is 0 Å². The molecular formula is C12H10ClF3INO. The summed E-state index contributed by atoms with van der Waals surface area (Å²) in [5, 5.41) is -0.0585. The third-order valence-electron chi connectivity index (χ3n) is 2.92. The largest absolute Gasteiger partial charge is 0.333 e. The first-order chi connectivity index (χ1) is 8.80. The molecule has 1 fully saturated rings. The van der Waals surface area contributed by atoms with E-state index in [-0.39, 0.29) is 33.5 Å². The van der Waals surface area contributed by atoms with Crippen molar-refractivity contribution in [3.63, 3.8) is 0 Å². The van der Waals surface area contributed by atoms with E-state index >= 15 is 0 Å². The molecule has 2 nitrogen and oxygen atoms in total. The number of rotatable bonds is 1. The maximum absolute atomic E-state index is 13.3. The summed E-state index contributed by atoms with van der Waals surface area (Å²) < 4.78 is 40.1. The van der Waals surface area contributed by atoms with Crippen molar-refractivity contribution in [2.45, 2.75) is 18.8 Å². The third-order valence-corrected chi connectivity index (χ3v) is 4.06. The molecule has 0 unspecified atom stereocenters. The maximum atomic E-state index is 13.3. The van der Waals surface area contributed by atoms with Gasteiger partial charge in [0.2, 0.25) is 0 Å². The second-order valence-electron chi connectivity index (χ2n) is 4.43. The van der Waals surface area contributed by atoms with Crippen LogP contribution in [-0.2, 0) is 0 Å². The van der Waals surface area contributed by atoms with Crippen LogP contribution in [0.4, 0.5) is 13.2 Å². The Hall–Kier alpha value is -0.500. The molecule has 0 bridgehead atoms. The Balaban J connectivity index is 2.27. The van der Waals surface area contributed by atoms with Crippen LogP contribution in [0.2, 0.25) is 5.02 Å². The van der Waals surface area contributed by atoms with Crippen molar-refractivity contribution in [3.8, 4) is 0 Å². The highest BCUT2D eigenvalue weighted by molar-refractivity contribution is 14.1. The van der Waals surface area contributed by atoms with E-state index in [1.165, 1.54) is 6.07 Å². The Labute approximate surface area is 127 Å². The second kappa shape index (κ2) is 5.47. The van der Waals surface area contributed by atoms with Crippen molar-refractivity contribution in [3.05, 3.63) is 32.1 Å². The first kappa shape index (κ1) is 14.9. The Morgan fingerprint density at radius 1 is 1.42 bits per heavy atom. The second-order valence-corrected chi connectivity index (χ2v) is 6.00. The predicted molar refractivity (Wildman–Crippen MR) is 74.2 cm³/mol. The molecule has 1 saturated heterocycles. The minimum atomic E-state index is -2.87. The monoisotopic (exact) mass is 403 g/mol. The van der Waals surface area contributed by atoms with Crippen LogP contribution in [0.5, 0.6) is 0 Å². The molecule has 1 aromatic carbocycles. The fourth-order valence-electron chi connectivity index (χ4n) is 2.00. The van der Waals surface area contributed by atoms with E-state index in [1.54, 1.807) is 22.6 Å². The highest BCUT2D eigenvalue weighted by Crippen LogP contribution is 2.29. The molecule has 0 radical (unpaired) electrons. The van der Waals surface area contributed by atoms with Crippen LogP contribution in [0.1, 0.15) is 23.2 Å². The first-order valence-corrected chi connectivity index (χ1v) is 7.07. The molecule has 2 rings (SSSR count). The van der Waals surface area contributed by atoms with Gasteiger partial charge in [0.05, 0.1) is 17.1 Å². The van der Waals surface area contributed by atoms with E-state index in [9.17, 15) is 18.0 Å². The number of hydrogen-bond donors (Lipinski definition) is 0. The average Bonchev–Trinajstić information content (AvgIpc) is 2.31. The van der Waals surface area contributed by atoms with Gasteiger partial charge in [-0.15, -0.1) is 0 Å². The summed E-state index contributed by atoms with van der Waals surface area (Å²) in [7, 11) is 0. The number of carbonyl (C=O) groups excluding carboxylic acids is 1. The van der Waals surface area contributed by atoms with E-state index in [2.05, 4.69) is 0 Å². The van der Waals surface area contributed by atoms with Crippen molar-refractivity contribution in [2.24, 2.45) is 0 Å². The molecule has 7 heteroatoms.